The second-order valence-electron chi connectivity index (χ2n) is 5.46. The van der Waals surface area contributed by atoms with Crippen LogP contribution in [-0.4, -0.2) is 36.0 Å². The van der Waals surface area contributed by atoms with Crippen LogP contribution in [0.25, 0.3) is 0 Å². The largest absolute Gasteiger partial charge is 0.334 e. The molecular formula is C15H19BrN2O. The SMILES string of the molecule is O=C(c1ccccc1Br)N(CC1CCCN1)C1CC1. The van der Waals surface area contributed by atoms with Crippen LogP contribution < -0.4 is 5.32 Å². The van der Waals surface area contributed by atoms with E-state index in [1.807, 2.05) is 24.3 Å². The maximum atomic E-state index is 12.7. The average Bonchev–Trinajstić information content (AvgIpc) is 3.13. The van der Waals surface area contributed by atoms with E-state index in [2.05, 4.69) is 26.1 Å². The number of halogens is 1. The van der Waals surface area contributed by atoms with E-state index in [0.29, 0.717) is 12.1 Å². The predicted octanol–water partition coefficient (Wildman–Crippen LogP) is 2.81. The monoisotopic (exact) mass is 322 g/mol. The van der Waals surface area contributed by atoms with E-state index in [0.717, 1.165) is 36.0 Å². The van der Waals surface area contributed by atoms with Crippen LogP contribution in [0.5, 0.6) is 0 Å². The Morgan fingerprint density at radius 3 is 2.74 bits per heavy atom. The highest BCUT2D eigenvalue weighted by Gasteiger charge is 2.35. The first-order valence-electron chi connectivity index (χ1n) is 7.04. The van der Waals surface area contributed by atoms with Crippen LogP contribution in [0.2, 0.25) is 0 Å². The Kier molecular flexibility index (Phi) is 3.89. The molecule has 2 fully saturated rings. The Hall–Kier alpha value is -0.870. The molecule has 1 aromatic rings. The van der Waals surface area contributed by atoms with E-state index >= 15 is 0 Å². The summed E-state index contributed by atoms with van der Waals surface area (Å²) in [5.74, 6) is 0.170. The molecule has 1 unspecified atom stereocenters. The molecule has 1 aliphatic heterocycles. The Balaban J connectivity index is 1.76. The van der Waals surface area contributed by atoms with Gasteiger partial charge in [0.2, 0.25) is 0 Å². The number of carbonyl (C=O) groups excluding carboxylic acids is 1. The minimum atomic E-state index is 0.170. The number of amides is 1. The minimum absolute atomic E-state index is 0.170. The lowest BCUT2D eigenvalue weighted by atomic mass is 10.1. The second-order valence-corrected chi connectivity index (χ2v) is 6.32. The van der Waals surface area contributed by atoms with Gasteiger partial charge in [0.25, 0.3) is 5.91 Å². The molecule has 1 N–H and O–H groups in total. The highest BCUT2D eigenvalue weighted by molar-refractivity contribution is 9.10. The molecule has 3 rings (SSSR count). The van der Waals surface area contributed by atoms with E-state index in [4.69, 9.17) is 0 Å². The van der Waals surface area contributed by atoms with Gasteiger partial charge in [-0.1, -0.05) is 12.1 Å². The molecule has 1 aromatic carbocycles. The summed E-state index contributed by atoms with van der Waals surface area (Å²) in [5.41, 5.74) is 0.785. The third kappa shape index (κ3) is 3.00. The Labute approximate surface area is 122 Å². The highest BCUT2D eigenvalue weighted by atomic mass is 79.9. The van der Waals surface area contributed by atoms with Gasteiger partial charge >= 0.3 is 0 Å². The third-order valence-corrected chi connectivity index (χ3v) is 4.62. The van der Waals surface area contributed by atoms with E-state index in [1.54, 1.807) is 0 Å². The molecule has 19 heavy (non-hydrogen) atoms. The molecule has 4 heteroatoms. The summed E-state index contributed by atoms with van der Waals surface area (Å²) in [6, 6.07) is 8.65. The standard InChI is InChI=1S/C15H19BrN2O/c16-14-6-2-1-5-13(14)15(19)18(12-7-8-12)10-11-4-3-9-17-11/h1-2,5-6,11-12,17H,3-4,7-10H2. The van der Waals surface area contributed by atoms with Gasteiger partial charge < -0.3 is 10.2 Å². The minimum Gasteiger partial charge on any atom is -0.334 e. The molecule has 1 saturated carbocycles. The molecule has 0 spiro atoms. The molecule has 1 atom stereocenters. The van der Waals surface area contributed by atoms with Crippen molar-refractivity contribution in [1.29, 1.82) is 0 Å². The molecule has 1 amide bonds. The maximum absolute atomic E-state index is 12.7. The smallest absolute Gasteiger partial charge is 0.255 e. The van der Waals surface area contributed by atoms with Crippen molar-refractivity contribution in [3.63, 3.8) is 0 Å². The number of hydrogen-bond acceptors (Lipinski definition) is 2. The Morgan fingerprint density at radius 2 is 2.11 bits per heavy atom. The van der Waals surface area contributed by atoms with Gasteiger partial charge in [-0.2, -0.15) is 0 Å². The van der Waals surface area contributed by atoms with Crippen LogP contribution in [0, 0.1) is 0 Å². The van der Waals surface area contributed by atoms with Gasteiger partial charge in [-0.25, -0.2) is 0 Å². The fourth-order valence-electron chi connectivity index (χ4n) is 2.72. The Bertz CT molecular complexity index is 467. The maximum Gasteiger partial charge on any atom is 0.255 e. The number of hydrogen-bond donors (Lipinski definition) is 1. The topological polar surface area (TPSA) is 32.3 Å². The van der Waals surface area contributed by atoms with Crippen LogP contribution in [-0.2, 0) is 0 Å². The zero-order valence-electron chi connectivity index (χ0n) is 10.9. The van der Waals surface area contributed by atoms with Gasteiger partial charge in [0.1, 0.15) is 0 Å². The first-order valence-corrected chi connectivity index (χ1v) is 7.84. The molecule has 1 aliphatic carbocycles. The van der Waals surface area contributed by atoms with Gasteiger partial charge in [-0.05, 0) is 60.3 Å². The Morgan fingerprint density at radius 1 is 1.32 bits per heavy atom. The number of rotatable bonds is 4. The lowest BCUT2D eigenvalue weighted by Gasteiger charge is -2.26. The van der Waals surface area contributed by atoms with E-state index in [9.17, 15) is 4.79 Å². The lowest BCUT2D eigenvalue weighted by molar-refractivity contribution is 0.0727. The lowest BCUT2D eigenvalue weighted by Crippen LogP contribution is -2.42. The summed E-state index contributed by atoms with van der Waals surface area (Å²) in [6.45, 7) is 1.94. The normalized spacial score (nSPS) is 22.5. The van der Waals surface area contributed by atoms with Gasteiger partial charge in [0.05, 0.1) is 5.56 Å². The summed E-state index contributed by atoms with van der Waals surface area (Å²) in [5, 5.41) is 3.49. The second kappa shape index (κ2) is 5.63. The van der Waals surface area contributed by atoms with Crippen LogP contribution in [0.4, 0.5) is 0 Å². The zero-order chi connectivity index (χ0) is 13.2. The fraction of sp³-hybridized carbons (Fsp3) is 0.533. The molecule has 1 saturated heterocycles. The highest BCUT2D eigenvalue weighted by Crippen LogP contribution is 2.30. The van der Waals surface area contributed by atoms with Crippen molar-refractivity contribution in [2.75, 3.05) is 13.1 Å². The van der Waals surface area contributed by atoms with E-state index in [-0.39, 0.29) is 5.91 Å². The van der Waals surface area contributed by atoms with Crippen molar-refractivity contribution in [3.05, 3.63) is 34.3 Å². The van der Waals surface area contributed by atoms with Gasteiger partial charge in [0, 0.05) is 23.1 Å². The molecule has 102 valence electrons. The zero-order valence-corrected chi connectivity index (χ0v) is 12.5. The first kappa shape index (κ1) is 13.1. The summed E-state index contributed by atoms with van der Waals surface area (Å²) in [4.78, 5) is 14.8. The van der Waals surface area contributed by atoms with Crippen molar-refractivity contribution in [2.45, 2.75) is 37.8 Å². The molecule has 2 aliphatic rings. The molecule has 3 nitrogen and oxygen atoms in total. The molecule has 0 aromatic heterocycles. The summed E-state index contributed by atoms with van der Waals surface area (Å²) < 4.78 is 0.894. The quantitative estimate of drug-likeness (QED) is 0.924. The van der Waals surface area contributed by atoms with Crippen molar-refractivity contribution in [1.82, 2.24) is 10.2 Å². The van der Waals surface area contributed by atoms with Crippen molar-refractivity contribution >= 4 is 21.8 Å². The van der Waals surface area contributed by atoms with Crippen molar-refractivity contribution in [2.24, 2.45) is 0 Å². The van der Waals surface area contributed by atoms with Gasteiger partial charge in [-0.3, -0.25) is 4.79 Å². The molecular weight excluding hydrogens is 304 g/mol. The van der Waals surface area contributed by atoms with E-state index in [1.165, 1.54) is 12.8 Å². The number of nitrogens with one attached hydrogen (secondary N) is 1. The molecule has 0 radical (unpaired) electrons. The number of nitrogens with zero attached hydrogens (tertiary/aromatic N) is 1. The third-order valence-electron chi connectivity index (χ3n) is 3.93. The van der Waals surface area contributed by atoms with Crippen LogP contribution in [0.1, 0.15) is 36.0 Å². The van der Waals surface area contributed by atoms with Gasteiger partial charge in [-0.15, -0.1) is 0 Å². The van der Waals surface area contributed by atoms with Crippen LogP contribution >= 0.6 is 15.9 Å². The van der Waals surface area contributed by atoms with Crippen molar-refractivity contribution in [3.8, 4) is 0 Å². The molecule has 0 bridgehead atoms. The summed E-state index contributed by atoms with van der Waals surface area (Å²) in [6.07, 6.45) is 4.73. The van der Waals surface area contributed by atoms with Crippen LogP contribution in [0.15, 0.2) is 28.7 Å². The molecule has 1 heterocycles. The number of carbonyl (C=O) groups is 1. The van der Waals surface area contributed by atoms with Crippen molar-refractivity contribution < 1.29 is 4.79 Å². The number of benzene rings is 1. The van der Waals surface area contributed by atoms with E-state index < -0.39 is 0 Å². The fourth-order valence-corrected chi connectivity index (χ4v) is 3.18. The predicted molar refractivity (Wildman–Crippen MR) is 79.2 cm³/mol. The average molecular weight is 323 g/mol. The summed E-state index contributed by atoms with van der Waals surface area (Å²) in [7, 11) is 0. The first-order chi connectivity index (χ1) is 9.25. The van der Waals surface area contributed by atoms with Gasteiger partial charge in [0.15, 0.2) is 0 Å². The summed E-state index contributed by atoms with van der Waals surface area (Å²) >= 11 is 3.48. The van der Waals surface area contributed by atoms with Crippen LogP contribution in [0.3, 0.4) is 0 Å².